The van der Waals surface area contributed by atoms with E-state index in [0.717, 1.165) is 17.5 Å². The van der Waals surface area contributed by atoms with E-state index >= 15 is 0 Å². The standard InChI is InChI=1S/C19H37BrO/c1-4-5-6-7-9-12-15-18(2)21-19(3)16-13-10-8-11-14-17-20/h18H,3-17H2,1-2H3. The van der Waals surface area contributed by atoms with Crippen LogP contribution in [-0.2, 0) is 4.74 Å². The van der Waals surface area contributed by atoms with Crippen molar-refractivity contribution < 1.29 is 4.74 Å². The molecule has 0 N–H and O–H groups in total. The zero-order valence-corrected chi connectivity index (χ0v) is 16.1. The molecule has 0 aliphatic rings. The molecule has 0 aromatic heterocycles. The lowest BCUT2D eigenvalue weighted by Gasteiger charge is -2.16. The summed E-state index contributed by atoms with van der Waals surface area (Å²) in [7, 11) is 0. The Balaban J connectivity index is 3.35. The van der Waals surface area contributed by atoms with Gasteiger partial charge in [0.25, 0.3) is 0 Å². The van der Waals surface area contributed by atoms with Crippen molar-refractivity contribution in [1.29, 1.82) is 0 Å². The summed E-state index contributed by atoms with van der Waals surface area (Å²) in [5.41, 5.74) is 0. The Labute approximate surface area is 142 Å². The molecule has 0 saturated carbocycles. The van der Waals surface area contributed by atoms with Crippen LogP contribution in [0.15, 0.2) is 12.3 Å². The van der Waals surface area contributed by atoms with Gasteiger partial charge in [0.05, 0.1) is 11.9 Å². The largest absolute Gasteiger partial charge is 0.496 e. The van der Waals surface area contributed by atoms with Gasteiger partial charge in [0.1, 0.15) is 0 Å². The smallest absolute Gasteiger partial charge is 0.0954 e. The highest BCUT2D eigenvalue weighted by molar-refractivity contribution is 9.09. The molecule has 0 saturated heterocycles. The fourth-order valence-corrected chi connectivity index (χ4v) is 2.96. The fraction of sp³-hybridized carbons (Fsp3) is 0.895. The normalized spacial score (nSPS) is 12.3. The molecule has 0 spiro atoms. The molecule has 126 valence electrons. The molecular formula is C19H37BrO. The van der Waals surface area contributed by atoms with Crippen molar-refractivity contribution in [2.45, 2.75) is 103 Å². The van der Waals surface area contributed by atoms with Crippen molar-refractivity contribution in [2.24, 2.45) is 0 Å². The number of hydrogen-bond acceptors (Lipinski definition) is 1. The minimum atomic E-state index is 0.345. The van der Waals surface area contributed by atoms with Crippen molar-refractivity contribution in [3.05, 3.63) is 12.3 Å². The Kier molecular flexibility index (Phi) is 16.4. The minimum Gasteiger partial charge on any atom is -0.496 e. The van der Waals surface area contributed by atoms with Gasteiger partial charge in [-0.05, 0) is 32.6 Å². The second-order valence-corrected chi connectivity index (χ2v) is 7.02. The van der Waals surface area contributed by atoms with Gasteiger partial charge in [-0.25, -0.2) is 0 Å². The highest BCUT2D eigenvalue weighted by Crippen LogP contribution is 2.16. The molecule has 0 aliphatic heterocycles. The maximum absolute atomic E-state index is 5.90. The van der Waals surface area contributed by atoms with Crippen LogP contribution in [-0.4, -0.2) is 11.4 Å². The first-order chi connectivity index (χ1) is 10.2. The van der Waals surface area contributed by atoms with E-state index in [4.69, 9.17) is 4.74 Å². The van der Waals surface area contributed by atoms with Crippen molar-refractivity contribution in [2.75, 3.05) is 5.33 Å². The van der Waals surface area contributed by atoms with Crippen molar-refractivity contribution >= 4 is 15.9 Å². The minimum absolute atomic E-state index is 0.345. The number of halogens is 1. The third-order valence-electron chi connectivity index (χ3n) is 3.92. The lowest BCUT2D eigenvalue weighted by atomic mass is 10.1. The Bertz CT molecular complexity index is 228. The molecule has 0 bridgehead atoms. The highest BCUT2D eigenvalue weighted by Gasteiger charge is 2.04. The van der Waals surface area contributed by atoms with Crippen LogP contribution in [0, 0.1) is 0 Å². The number of hydrogen-bond donors (Lipinski definition) is 0. The zero-order valence-electron chi connectivity index (χ0n) is 14.5. The summed E-state index contributed by atoms with van der Waals surface area (Å²) in [5.74, 6) is 0.994. The van der Waals surface area contributed by atoms with E-state index in [1.807, 2.05) is 0 Å². The maximum atomic E-state index is 5.90. The van der Waals surface area contributed by atoms with Crippen LogP contribution in [0.25, 0.3) is 0 Å². The molecular weight excluding hydrogens is 324 g/mol. The van der Waals surface area contributed by atoms with E-state index in [0.29, 0.717) is 6.10 Å². The van der Waals surface area contributed by atoms with Crippen LogP contribution in [0.2, 0.25) is 0 Å². The predicted molar refractivity (Wildman–Crippen MR) is 99.2 cm³/mol. The van der Waals surface area contributed by atoms with Crippen molar-refractivity contribution in [3.8, 4) is 0 Å². The Morgan fingerprint density at radius 1 is 0.905 bits per heavy atom. The second-order valence-electron chi connectivity index (χ2n) is 6.23. The molecule has 1 unspecified atom stereocenters. The molecule has 21 heavy (non-hydrogen) atoms. The molecule has 0 amide bonds. The summed E-state index contributed by atoms with van der Waals surface area (Å²) >= 11 is 3.47. The van der Waals surface area contributed by atoms with Crippen molar-refractivity contribution in [1.82, 2.24) is 0 Å². The van der Waals surface area contributed by atoms with Gasteiger partial charge in [-0.2, -0.15) is 0 Å². The lowest BCUT2D eigenvalue weighted by molar-refractivity contribution is 0.114. The quantitative estimate of drug-likeness (QED) is 0.158. The number of alkyl halides is 1. The number of allylic oxidation sites excluding steroid dienone is 1. The van der Waals surface area contributed by atoms with Crippen LogP contribution < -0.4 is 0 Å². The number of rotatable bonds is 16. The topological polar surface area (TPSA) is 9.23 Å². The Hall–Kier alpha value is 0.0200. The van der Waals surface area contributed by atoms with Crippen LogP contribution in [0.5, 0.6) is 0 Å². The number of unbranched alkanes of at least 4 members (excludes halogenated alkanes) is 9. The highest BCUT2D eigenvalue weighted by atomic mass is 79.9. The molecule has 0 aliphatic carbocycles. The average molecular weight is 361 g/mol. The first kappa shape index (κ1) is 21.0. The van der Waals surface area contributed by atoms with E-state index in [-0.39, 0.29) is 0 Å². The first-order valence-electron chi connectivity index (χ1n) is 9.11. The molecule has 0 fully saturated rings. The summed E-state index contributed by atoms with van der Waals surface area (Å²) in [4.78, 5) is 0. The van der Waals surface area contributed by atoms with Gasteiger partial charge in [0, 0.05) is 11.8 Å². The van der Waals surface area contributed by atoms with Gasteiger partial charge in [-0.3, -0.25) is 0 Å². The molecule has 0 aromatic carbocycles. The molecule has 0 aromatic rings. The van der Waals surface area contributed by atoms with Crippen LogP contribution >= 0.6 is 15.9 Å². The third kappa shape index (κ3) is 16.2. The van der Waals surface area contributed by atoms with Crippen molar-refractivity contribution in [3.63, 3.8) is 0 Å². The van der Waals surface area contributed by atoms with E-state index in [2.05, 4.69) is 36.4 Å². The summed E-state index contributed by atoms with van der Waals surface area (Å²) in [5, 5.41) is 1.14. The molecule has 0 heterocycles. The fourth-order valence-electron chi connectivity index (χ4n) is 2.56. The summed E-state index contributed by atoms with van der Waals surface area (Å²) < 4.78 is 5.90. The molecule has 1 atom stereocenters. The monoisotopic (exact) mass is 360 g/mol. The van der Waals surface area contributed by atoms with Gasteiger partial charge < -0.3 is 4.74 Å². The maximum Gasteiger partial charge on any atom is 0.0954 e. The van der Waals surface area contributed by atoms with E-state index < -0.39 is 0 Å². The van der Waals surface area contributed by atoms with Gasteiger partial charge in [0.15, 0.2) is 0 Å². The van der Waals surface area contributed by atoms with Crippen LogP contribution in [0.4, 0.5) is 0 Å². The van der Waals surface area contributed by atoms with Gasteiger partial charge in [-0.1, -0.05) is 80.8 Å². The van der Waals surface area contributed by atoms with E-state index in [9.17, 15) is 0 Å². The molecule has 0 rings (SSSR count). The SMILES string of the molecule is C=C(CCCCCCCBr)OC(C)CCCCCCCC. The summed E-state index contributed by atoms with van der Waals surface area (Å²) in [6, 6.07) is 0. The van der Waals surface area contributed by atoms with Gasteiger partial charge in [0.2, 0.25) is 0 Å². The average Bonchev–Trinajstić information content (AvgIpc) is 2.46. The lowest BCUT2D eigenvalue weighted by Crippen LogP contribution is -2.07. The van der Waals surface area contributed by atoms with Gasteiger partial charge >= 0.3 is 0 Å². The summed E-state index contributed by atoms with van der Waals surface area (Å²) in [6.45, 7) is 8.52. The second kappa shape index (κ2) is 16.4. The van der Waals surface area contributed by atoms with Gasteiger partial charge in [-0.15, -0.1) is 0 Å². The molecule has 1 nitrogen and oxygen atoms in total. The molecule has 2 heteroatoms. The predicted octanol–water partition coefficient (Wildman–Crippen LogP) is 7.39. The first-order valence-corrected chi connectivity index (χ1v) is 10.2. The Morgan fingerprint density at radius 2 is 1.48 bits per heavy atom. The Morgan fingerprint density at radius 3 is 2.14 bits per heavy atom. The van der Waals surface area contributed by atoms with E-state index in [1.54, 1.807) is 0 Å². The zero-order chi connectivity index (χ0) is 15.8. The third-order valence-corrected chi connectivity index (χ3v) is 4.48. The van der Waals surface area contributed by atoms with E-state index in [1.165, 1.54) is 77.0 Å². The van der Waals surface area contributed by atoms with Crippen LogP contribution in [0.1, 0.15) is 97.3 Å². The summed E-state index contributed by atoms with van der Waals surface area (Å²) in [6.07, 6.45) is 17.2. The van der Waals surface area contributed by atoms with Crippen LogP contribution in [0.3, 0.4) is 0 Å². The number of ether oxygens (including phenoxy) is 1. The molecule has 0 radical (unpaired) electrons.